The van der Waals surface area contributed by atoms with Gasteiger partial charge in [0.05, 0.1) is 12.6 Å². The van der Waals surface area contributed by atoms with Crippen molar-refractivity contribution in [2.45, 2.75) is 134 Å². The minimum absolute atomic E-state index is 0.103. The summed E-state index contributed by atoms with van der Waals surface area (Å²) in [5, 5.41) is 39.2. The van der Waals surface area contributed by atoms with E-state index < -0.39 is 126 Å². The number of guanidine groups is 1. The van der Waals surface area contributed by atoms with Crippen molar-refractivity contribution in [1.82, 2.24) is 47.4 Å². The molecule has 8 atom stereocenters. The van der Waals surface area contributed by atoms with E-state index in [0.717, 1.165) is 6.42 Å². The Hall–Kier alpha value is -5.72. The van der Waals surface area contributed by atoms with Crippen molar-refractivity contribution in [2.75, 3.05) is 31.9 Å². The zero-order chi connectivity index (χ0) is 48.3. The van der Waals surface area contributed by atoms with E-state index in [1.165, 1.54) is 11.8 Å². The fraction of sp³-hybridized carbons (Fsp3) is 0.718. The van der Waals surface area contributed by atoms with Crippen LogP contribution < -0.4 is 54.0 Å². The lowest BCUT2D eigenvalue weighted by Gasteiger charge is -2.31. The lowest BCUT2D eigenvalue weighted by atomic mass is 10.0. The number of carbonyl (C=O) groups is 10. The monoisotopic (exact) mass is 926 g/mol. The molecule has 2 saturated heterocycles. The molecule has 2 aliphatic heterocycles. The Morgan fingerprint density at radius 3 is 1.92 bits per heavy atom. The summed E-state index contributed by atoms with van der Waals surface area (Å²) in [7, 11) is 0. The zero-order valence-electron chi connectivity index (χ0n) is 36.9. The summed E-state index contributed by atoms with van der Waals surface area (Å²) in [6.07, 6.45) is 1.47. The van der Waals surface area contributed by atoms with E-state index in [2.05, 4.69) is 60.2 Å². The summed E-state index contributed by atoms with van der Waals surface area (Å²) in [4.78, 5) is 134. The summed E-state index contributed by atoms with van der Waals surface area (Å²) in [6.45, 7) is 8.06. The highest BCUT2D eigenvalue weighted by Crippen LogP contribution is 2.21. The Morgan fingerprint density at radius 1 is 0.734 bits per heavy atom. The third-order valence-electron chi connectivity index (χ3n) is 10.5. The molecule has 0 aromatic rings. The summed E-state index contributed by atoms with van der Waals surface area (Å²) in [5.41, 5.74) is 10.8. The number of thiol groups is 1. The van der Waals surface area contributed by atoms with Gasteiger partial charge >= 0.3 is 11.9 Å². The molecule has 0 radical (unpaired) electrons. The number of carbonyl (C=O) groups excluding carboxylic acids is 8. The fourth-order valence-corrected chi connectivity index (χ4v) is 7.15. The number of nitrogens with zero attached hydrogens (tertiary/aromatic N) is 2. The molecule has 360 valence electrons. The van der Waals surface area contributed by atoms with Crippen molar-refractivity contribution in [1.29, 1.82) is 0 Å². The maximum atomic E-state index is 14.0. The predicted octanol–water partition coefficient (Wildman–Crippen LogP) is -3.98. The van der Waals surface area contributed by atoms with Crippen LogP contribution in [0, 0.1) is 11.8 Å². The Morgan fingerprint density at radius 2 is 1.36 bits per heavy atom. The molecule has 2 fully saturated rings. The zero-order valence-corrected chi connectivity index (χ0v) is 37.8. The number of aliphatic imine (C=N–C) groups is 1. The van der Waals surface area contributed by atoms with Crippen molar-refractivity contribution in [3.8, 4) is 0 Å². The van der Waals surface area contributed by atoms with Crippen LogP contribution in [0.4, 0.5) is 0 Å². The van der Waals surface area contributed by atoms with E-state index in [1.807, 2.05) is 0 Å². The van der Waals surface area contributed by atoms with Gasteiger partial charge in [0.2, 0.25) is 47.3 Å². The first-order valence-corrected chi connectivity index (χ1v) is 21.9. The molecular weight excluding hydrogens is 861 g/mol. The van der Waals surface area contributed by atoms with Gasteiger partial charge in [0.1, 0.15) is 42.3 Å². The number of nitrogens with two attached hydrogens (primary N) is 2. The molecule has 0 aliphatic carbocycles. The number of hydrogen-bond acceptors (Lipinski definition) is 13. The van der Waals surface area contributed by atoms with Crippen LogP contribution in [0.3, 0.4) is 0 Å². The van der Waals surface area contributed by atoms with Gasteiger partial charge in [-0.05, 0) is 70.3 Å². The Labute approximate surface area is 377 Å². The lowest BCUT2D eigenvalue weighted by Crippen LogP contribution is -2.60. The molecule has 14 N–H and O–H groups in total. The topological polar surface area (TPSA) is 375 Å². The molecular formula is C39H66N12O12S. The standard InChI is InChI=1S/C39H66N12O12S/c1-19(2)29(36(60)45-21(5)38(62)63)50-34(58)24(12-13-28(53)54)47-35(59)26-11-8-16-51(26)37(61)30(20(3)4)49-27(52)17-44-31(55)25(18-64)48-33(57)23(10-7-15-43-39(40)41)46-32(56)22-9-6-14-42-22/h19-26,29-30,42,64H,6-18H2,1-5H3,(H,44,55)(H,45,60)(H,46,56)(H,47,59)(H,48,57)(H,49,52)(H,50,58)(H,53,54)(H,62,63)(H4,40,41,43)/t21-,22-,23-,24-,25-,26-,29-,30-/m0/s1. The van der Waals surface area contributed by atoms with Gasteiger partial charge in [-0.2, -0.15) is 12.6 Å². The first-order valence-electron chi connectivity index (χ1n) is 21.3. The third kappa shape index (κ3) is 17.8. The van der Waals surface area contributed by atoms with E-state index in [1.54, 1.807) is 27.7 Å². The lowest BCUT2D eigenvalue weighted by molar-refractivity contribution is -0.143. The molecule has 0 bridgehead atoms. The summed E-state index contributed by atoms with van der Waals surface area (Å²) in [5.74, 6) is -9.68. The van der Waals surface area contributed by atoms with Crippen LogP contribution in [0.5, 0.6) is 0 Å². The minimum atomic E-state index is -1.46. The number of rotatable bonds is 26. The number of aliphatic carboxylic acids is 2. The van der Waals surface area contributed by atoms with Gasteiger partial charge in [-0.15, -0.1) is 0 Å². The number of carboxylic acid groups (broad SMARTS) is 2. The van der Waals surface area contributed by atoms with E-state index in [0.29, 0.717) is 25.8 Å². The molecule has 0 aromatic carbocycles. The average molecular weight is 927 g/mol. The smallest absolute Gasteiger partial charge is 0.325 e. The van der Waals surface area contributed by atoms with Gasteiger partial charge in [0, 0.05) is 25.3 Å². The molecule has 8 amide bonds. The maximum absolute atomic E-state index is 14.0. The molecule has 0 unspecified atom stereocenters. The SMILES string of the molecule is CC(C)[C@H](NC(=O)[C@H](CCC(=O)O)NC(=O)[C@@H]1CCCN1C(=O)[C@@H](NC(=O)CNC(=O)[C@H](CS)NC(=O)[C@H](CCCN=C(N)N)NC(=O)[C@@H]1CCCN1)C(C)C)C(=O)N[C@@H](C)C(=O)O. The molecule has 0 aromatic heterocycles. The fourth-order valence-electron chi connectivity index (χ4n) is 6.89. The van der Waals surface area contributed by atoms with Crippen LogP contribution in [0.1, 0.15) is 86.0 Å². The van der Waals surface area contributed by atoms with Crippen LogP contribution in [0.2, 0.25) is 0 Å². The molecule has 24 nitrogen and oxygen atoms in total. The van der Waals surface area contributed by atoms with E-state index in [-0.39, 0.29) is 50.0 Å². The van der Waals surface area contributed by atoms with Gasteiger partial charge in [0.15, 0.2) is 5.96 Å². The number of carboxylic acids is 2. The Balaban J connectivity index is 2.11. The molecule has 2 heterocycles. The number of hydrogen-bond donors (Lipinski definition) is 13. The predicted molar refractivity (Wildman–Crippen MR) is 234 cm³/mol. The second kappa shape index (κ2) is 26.8. The second-order valence-electron chi connectivity index (χ2n) is 16.4. The van der Waals surface area contributed by atoms with Crippen LogP contribution in [-0.4, -0.2) is 161 Å². The molecule has 0 spiro atoms. The van der Waals surface area contributed by atoms with Crippen LogP contribution >= 0.6 is 12.6 Å². The third-order valence-corrected chi connectivity index (χ3v) is 10.9. The van der Waals surface area contributed by atoms with Crippen molar-refractivity contribution in [3.63, 3.8) is 0 Å². The van der Waals surface area contributed by atoms with Crippen molar-refractivity contribution in [3.05, 3.63) is 0 Å². The molecule has 25 heteroatoms. The largest absolute Gasteiger partial charge is 0.481 e. The molecule has 64 heavy (non-hydrogen) atoms. The van der Waals surface area contributed by atoms with Gasteiger partial charge in [-0.1, -0.05) is 27.7 Å². The van der Waals surface area contributed by atoms with Gasteiger partial charge in [-0.3, -0.25) is 52.9 Å². The van der Waals surface area contributed by atoms with Crippen molar-refractivity contribution >= 4 is 77.8 Å². The van der Waals surface area contributed by atoms with E-state index >= 15 is 0 Å². The second-order valence-corrected chi connectivity index (χ2v) is 16.8. The molecule has 2 rings (SSSR count). The summed E-state index contributed by atoms with van der Waals surface area (Å²) >= 11 is 4.19. The normalized spacial score (nSPS) is 18.6. The molecule has 2 aliphatic rings. The van der Waals surface area contributed by atoms with Crippen LogP contribution in [0.15, 0.2) is 4.99 Å². The van der Waals surface area contributed by atoms with Crippen molar-refractivity contribution in [2.24, 2.45) is 28.3 Å². The van der Waals surface area contributed by atoms with Crippen molar-refractivity contribution < 1.29 is 58.2 Å². The highest BCUT2D eigenvalue weighted by Gasteiger charge is 2.40. The molecule has 0 saturated carbocycles. The minimum Gasteiger partial charge on any atom is -0.481 e. The Kier molecular flexibility index (Phi) is 22.8. The van der Waals surface area contributed by atoms with Crippen LogP contribution in [0.25, 0.3) is 0 Å². The van der Waals surface area contributed by atoms with E-state index in [4.69, 9.17) is 11.5 Å². The average Bonchev–Trinajstić information content (AvgIpc) is 3.96. The first-order chi connectivity index (χ1) is 30.1. The highest BCUT2D eigenvalue weighted by atomic mass is 32.1. The maximum Gasteiger partial charge on any atom is 0.325 e. The van der Waals surface area contributed by atoms with Gasteiger partial charge < -0.3 is 69.1 Å². The van der Waals surface area contributed by atoms with Crippen LogP contribution in [-0.2, 0) is 47.9 Å². The quantitative estimate of drug-likeness (QED) is 0.0170. The number of nitrogens with one attached hydrogen (secondary N) is 8. The number of amides is 8. The number of likely N-dealkylation sites (tertiary alicyclic amines) is 1. The summed E-state index contributed by atoms with van der Waals surface area (Å²) in [6, 6.07) is -9.03. The van der Waals surface area contributed by atoms with E-state index in [9.17, 15) is 58.2 Å². The highest BCUT2D eigenvalue weighted by molar-refractivity contribution is 7.80. The van der Waals surface area contributed by atoms with Gasteiger partial charge in [-0.25, -0.2) is 0 Å². The first kappa shape index (κ1) is 54.4. The summed E-state index contributed by atoms with van der Waals surface area (Å²) < 4.78 is 0. The Bertz CT molecular complexity index is 1720. The van der Waals surface area contributed by atoms with Gasteiger partial charge in [0.25, 0.3) is 0 Å².